The van der Waals surface area contributed by atoms with Crippen molar-refractivity contribution >= 4 is 61.1 Å². The van der Waals surface area contributed by atoms with Crippen molar-refractivity contribution in [1.82, 2.24) is 0 Å². The van der Waals surface area contributed by atoms with Gasteiger partial charge in [-0.05, 0) is 0 Å². The molecule has 0 aliphatic carbocycles. The minimum absolute atomic E-state index is 0. The van der Waals surface area contributed by atoms with Crippen molar-refractivity contribution < 1.29 is 96.4 Å². The number of hydrogen-bond donors (Lipinski definition) is 0. The molecule has 0 fully saturated rings. The average molecular weight is 272 g/mol. The van der Waals surface area contributed by atoms with Gasteiger partial charge in [-0.2, -0.15) is 0 Å². The summed E-state index contributed by atoms with van der Waals surface area (Å²) in [5.41, 5.74) is 0. The zero-order valence-electron chi connectivity index (χ0n) is 7.54. The SMILES string of the molecule is O=C[O-].O=C[O-].O=S(=O)([O-])[O-].[Ca+2].[Na+].[Na+]. The maximum atomic E-state index is 8.52. The number of hydrogen-bond acceptors (Lipinski definition) is 8. The quantitative estimate of drug-likeness (QED) is 0.182. The molecule has 0 spiro atoms. The van der Waals surface area contributed by atoms with Crippen molar-refractivity contribution in [3.63, 3.8) is 0 Å². The summed E-state index contributed by atoms with van der Waals surface area (Å²) in [7, 11) is -5.17. The molecule has 0 saturated heterocycles. The Morgan fingerprint density at radius 2 is 0.857 bits per heavy atom. The van der Waals surface area contributed by atoms with Crippen LogP contribution in [0, 0.1) is 0 Å². The predicted molar refractivity (Wildman–Crippen MR) is 28.4 cm³/mol. The molecule has 0 rings (SSSR count). The molecule has 12 heteroatoms. The first-order valence-corrected chi connectivity index (χ1v) is 2.94. The van der Waals surface area contributed by atoms with Crippen LogP contribution in [0.25, 0.3) is 0 Å². The molecule has 0 saturated carbocycles. The molecule has 0 aliphatic heterocycles. The normalized spacial score (nSPS) is 5.86. The van der Waals surface area contributed by atoms with Crippen LogP contribution in [-0.4, -0.2) is 68.2 Å². The third kappa shape index (κ3) is 561. The fraction of sp³-hybridized carbons (Fsp3) is 0. The molecule has 8 nitrogen and oxygen atoms in total. The molecule has 0 heterocycles. The first-order valence-electron chi connectivity index (χ1n) is 1.61. The van der Waals surface area contributed by atoms with Gasteiger partial charge in [0.05, 0.1) is 0 Å². The average Bonchev–Trinajstić information content (AvgIpc) is 1.62. The summed E-state index contributed by atoms with van der Waals surface area (Å²) >= 11 is 0. The first-order chi connectivity index (χ1) is 4.83. The number of rotatable bonds is 0. The standard InChI is InChI=1S/2CH2O2.Ca.2Na.H2O4S/c2*2-1-3;;;;1-5(2,3)4/h2*1H,(H,2,3);;;;(H2,1,2,3,4)/q;;+2;2*+1;/p-4. The van der Waals surface area contributed by atoms with E-state index in [1.54, 1.807) is 0 Å². The van der Waals surface area contributed by atoms with Crippen LogP contribution in [0.2, 0.25) is 0 Å². The van der Waals surface area contributed by atoms with E-state index in [0.29, 0.717) is 0 Å². The zero-order valence-corrected chi connectivity index (χ0v) is 14.6. The minimum Gasteiger partial charge on any atom is -0.759 e. The topological polar surface area (TPSA) is 161 Å². The van der Waals surface area contributed by atoms with Crippen molar-refractivity contribution in [1.29, 1.82) is 0 Å². The van der Waals surface area contributed by atoms with Crippen molar-refractivity contribution in [3.8, 4) is 0 Å². The van der Waals surface area contributed by atoms with Crippen molar-refractivity contribution in [2.75, 3.05) is 0 Å². The van der Waals surface area contributed by atoms with Gasteiger partial charge in [-0.15, -0.1) is 0 Å². The van der Waals surface area contributed by atoms with E-state index >= 15 is 0 Å². The van der Waals surface area contributed by atoms with E-state index in [4.69, 9.17) is 37.3 Å². The van der Waals surface area contributed by atoms with E-state index in [9.17, 15) is 0 Å². The van der Waals surface area contributed by atoms with Crippen molar-refractivity contribution in [2.24, 2.45) is 0 Å². The van der Waals surface area contributed by atoms with E-state index < -0.39 is 23.3 Å². The minimum atomic E-state index is -5.17. The van der Waals surface area contributed by atoms with E-state index in [2.05, 4.69) is 0 Å². The van der Waals surface area contributed by atoms with Crippen molar-refractivity contribution in [2.45, 2.75) is 0 Å². The number of carboxylic acid groups (broad SMARTS) is 2. The fourth-order valence-corrected chi connectivity index (χ4v) is 0. The van der Waals surface area contributed by atoms with E-state index in [0.717, 1.165) is 0 Å². The van der Waals surface area contributed by atoms with Crippen LogP contribution >= 0.6 is 0 Å². The van der Waals surface area contributed by atoms with Gasteiger partial charge in [-0.1, -0.05) is 0 Å². The second-order valence-corrected chi connectivity index (χ2v) is 1.42. The molecule has 0 amide bonds. The molecule has 0 aliphatic rings. The maximum absolute atomic E-state index is 8.52. The summed E-state index contributed by atoms with van der Waals surface area (Å²) < 4.78 is 34.1. The van der Waals surface area contributed by atoms with Gasteiger partial charge in [0.25, 0.3) is 0 Å². The molecule has 0 atom stereocenters. The second kappa shape index (κ2) is 29.4. The van der Waals surface area contributed by atoms with Crippen LogP contribution < -0.4 is 69.3 Å². The molecule has 14 heavy (non-hydrogen) atoms. The van der Waals surface area contributed by atoms with Gasteiger partial charge in [0.15, 0.2) is 0 Å². The van der Waals surface area contributed by atoms with Gasteiger partial charge < -0.3 is 28.9 Å². The Bertz CT molecular complexity index is 166. The molecular formula is C2H2CaNa2O8S. The molecular weight excluding hydrogens is 270 g/mol. The Morgan fingerprint density at radius 1 is 0.857 bits per heavy atom. The smallest absolute Gasteiger partial charge is 0.759 e. The number of carbonyl (C=O) groups excluding carboxylic acids is 2. The van der Waals surface area contributed by atoms with Crippen LogP contribution in [0.15, 0.2) is 0 Å². The van der Waals surface area contributed by atoms with Gasteiger partial charge in [-0.3, -0.25) is 8.42 Å². The molecule has 68 valence electrons. The van der Waals surface area contributed by atoms with Gasteiger partial charge in [0, 0.05) is 23.3 Å². The summed E-state index contributed by atoms with van der Waals surface area (Å²) in [5, 5.41) is 16.5. The van der Waals surface area contributed by atoms with Gasteiger partial charge in [0.2, 0.25) is 0 Å². The van der Waals surface area contributed by atoms with E-state index in [1.807, 2.05) is 0 Å². The van der Waals surface area contributed by atoms with E-state index in [1.165, 1.54) is 0 Å². The molecule has 0 aromatic rings. The predicted octanol–water partition coefficient (Wildman–Crippen LogP) is -11.0. The van der Waals surface area contributed by atoms with Crippen molar-refractivity contribution in [3.05, 3.63) is 0 Å². The van der Waals surface area contributed by atoms with Gasteiger partial charge in [-0.25, -0.2) is 0 Å². The Hall–Kier alpha value is 2.07. The largest absolute Gasteiger partial charge is 2.00 e. The zero-order chi connectivity index (χ0) is 9.91. The molecule has 0 unspecified atom stereocenters. The Morgan fingerprint density at radius 3 is 0.857 bits per heavy atom. The van der Waals surface area contributed by atoms with Crippen LogP contribution in [0.1, 0.15) is 0 Å². The molecule has 0 N–H and O–H groups in total. The third-order valence-electron chi connectivity index (χ3n) is 0. The summed E-state index contributed by atoms with van der Waals surface area (Å²) in [6.07, 6.45) is 0. The molecule has 0 aromatic carbocycles. The summed E-state index contributed by atoms with van der Waals surface area (Å²) in [4.78, 5) is 16.5. The van der Waals surface area contributed by atoms with Crippen LogP contribution in [-0.2, 0) is 20.0 Å². The molecule has 0 radical (unpaired) electrons. The summed E-state index contributed by atoms with van der Waals surface area (Å²) in [5.74, 6) is 0. The molecule has 0 aromatic heterocycles. The number of carbonyl (C=O) groups is 2. The Kier molecular flexibility index (Phi) is 75.6. The second-order valence-electron chi connectivity index (χ2n) is 0.601. The monoisotopic (exact) mass is 272 g/mol. The molecule has 0 bridgehead atoms. The Labute approximate surface area is 155 Å². The van der Waals surface area contributed by atoms with Crippen LogP contribution in [0.3, 0.4) is 0 Å². The third-order valence-corrected chi connectivity index (χ3v) is 0. The maximum Gasteiger partial charge on any atom is 2.00 e. The summed E-state index contributed by atoms with van der Waals surface area (Å²) in [6, 6.07) is 0. The fourth-order valence-electron chi connectivity index (χ4n) is 0. The van der Waals surface area contributed by atoms with Crippen LogP contribution in [0.5, 0.6) is 0 Å². The van der Waals surface area contributed by atoms with Gasteiger partial charge >= 0.3 is 96.9 Å². The van der Waals surface area contributed by atoms with E-state index in [-0.39, 0.29) is 96.9 Å². The first kappa shape index (κ1) is 36.0. The summed E-state index contributed by atoms with van der Waals surface area (Å²) in [6.45, 7) is -1.00. The van der Waals surface area contributed by atoms with Crippen LogP contribution in [0.4, 0.5) is 0 Å². The Balaban J connectivity index is -0.0000000162. The van der Waals surface area contributed by atoms with Gasteiger partial charge in [0.1, 0.15) is 0 Å².